The summed E-state index contributed by atoms with van der Waals surface area (Å²) >= 11 is 1.86. The standard InChI is InChI=1S/C21H26N4S/c1-17-14-20(25-10-3-9-23-25)6-5-18(17)15-22-19-7-11-24(12-8-19)16-21-4-2-13-26-21/h2-6,9-10,13-14,19,22H,7-8,11-12,15-16H2,1H3. The average molecular weight is 367 g/mol. The third-order valence-corrected chi connectivity index (χ3v) is 6.08. The monoisotopic (exact) mass is 366 g/mol. The van der Waals surface area contributed by atoms with Crippen molar-refractivity contribution in [3.05, 3.63) is 70.2 Å². The Morgan fingerprint density at radius 2 is 2.08 bits per heavy atom. The summed E-state index contributed by atoms with van der Waals surface area (Å²) < 4.78 is 1.91. The number of hydrogen-bond donors (Lipinski definition) is 1. The molecular weight excluding hydrogens is 340 g/mol. The molecule has 3 heterocycles. The van der Waals surface area contributed by atoms with Gasteiger partial charge in [0.05, 0.1) is 5.69 Å². The summed E-state index contributed by atoms with van der Waals surface area (Å²) in [5, 5.41) is 10.2. The second-order valence-corrected chi connectivity index (χ2v) is 8.10. The van der Waals surface area contributed by atoms with Gasteiger partial charge in [-0.1, -0.05) is 12.1 Å². The molecule has 4 rings (SSSR count). The van der Waals surface area contributed by atoms with Crippen LogP contribution in [-0.2, 0) is 13.1 Å². The number of aryl methyl sites for hydroxylation is 1. The van der Waals surface area contributed by atoms with Crippen LogP contribution >= 0.6 is 11.3 Å². The number of rotatable bonds is 6. The van der Waals surface area contributed by atoms with Crippen LogP contribution in [0.2, 0.25) is 0 Å². The van der Waals surface area contributed by atoms with Crippen molar-refractivity contribution in [2.75, 3.05) is 13.1 Å². The van der Waals surface area contributed by atoms with Crippen molar-refractivity contribution < 1.29 is 0 Å². The smallest absolute Gasteiger partial charge is 0.0648 e. The van der Waals surface area contributed by atoms with Gasteiger partial charge in [-0.05, 0) is 73.6 Å². The van der Waals surface area contributed by atoms with Crippen molar-refractivity contribution in [2.45, 2.75) is 38.9 Å². The molecule has 0 spiro atoms. The fourth-order valence-corrected chi connectivity index (χ4v) is 4.36. The van der Waals surface area contributed by atoms with Gasteiger partial charge in [0.25, 0.3) is 0 Å². The molecule has 5 heteroatoms. The van der Waals surface area contributed by atoms with Crippen LogP contribution in [0.1, 0.15) is 28.8 Å². The minimum atomic E-state index is 0.625. The van der Waals surface area contributed by atoms with Crippen molar-refractivity contribution >= 4 is 11.3 Å². The second-order valence-electron chi connectivity index (χ2n) is 7.07. The largest absolute Gasteiger partial charge is 0.310 e. The first-order valence-corrected chi connectivity index (χ1v) is 10.2. The Balaban J connectivity index is 1.27. The molecule has 1 aliphatic rings. The molecule has 0 bridgehead atoms. The van der Waals surface area contributed by atoms with Gasteiger partial charge in [0.15, 0.2) is 0 Å². The minimum Gasteiger partial charge on any atom is -0.310 e. The van der Waals surface area contributed by atoms with Gasteiger partial charge in [-0.2, -0.15) is 5.10 Å². The summed E-state index contributed by atoms with van der Waals surface area (Å²) in [6.45, 7) is 6.62. The van der Waals surface area contributed by atoms with Crippen molar-refractivity contribution in [3.8, 4) is 5.69 Å². The highest BCUT2D eigenvalue weighted by Gasteiger charge is 2.19. The molecule has 26 heavy (non-hydrogen) atoms. The number of nitrogens with one attached hydrogen (secondary N) is 1. The summed E-state index contributed by atoms with van der Waals surface area (Å²) in [4.78, 5) is 4.05. The van der Waals surface area contributed by atoms with Crippen LogP contribution in [0.15, 0.2) is 54.2 Å². The molecule has 0 saturated carbocycles. The minimum absolute atomic E-state index is 0.625. The van der Waals surface area contributed by atoms with Gasteiger partial charge in [0.2, 0.25) is 0 Å². The molecule has 1 aromatic carbocycles. The van der Waals surface area contributed by atoms with Gasteiger partial charge in [-0.15, -0.1) is 11.3 Å². The maximum Gasteiger partial charge on any atom is 0.0648 e. The van der Waals surface area contributed by atoms with E-state index < -0.39 is 0 Å². The number of nitrogens with zero attached hydrogens (tertiary/aromatic N) is 3. The molecule has 1 fully saturated rings. The third kappa shape index (κ3) is 4.23. The number of hydrogen-bond acceptors (Lipinski definition) is 4. The van der Waals surface area contributed by atoms with Gasteiger partial charge in [0.1, 0.15) is 0 Å². The topological polar surface area (TPSA) is 33.1 Å². The van der Waals surface area contributed by atoms with Gasteiger partial charge < -0.3 is 5.32 Å². The highest BCUT2D eigenvalue weighted by Crippen LogP contribution is 2.18. The summed E-state index contributed by atoms with van der Waals surface area (Å²) in [5.41, 5.74) is 3.82. The number of aromatic nitrogens is 2. The van der Waals surface area contributed by atoms with Gasteiger partial charge in [-0.25, -0.2) is 4.68 Å². The Morgan fingerprint density at radius 3 is 2.77 bits per heavy atom. The number of thiophene rings is 1. The predicted octanol–water partition coefficient (Wildman–Crippen LogP) is 4.00. The number of benzene rings is 1. The lowest BCUT2D eigenvalue weighted by atomic mass is 10.0. The lowest BCUT2D eigenvalue weighted by Crippen LogP contribution is -2.41. The molecule has 1 aliphatic heterocycles. The van der Waals surface area contributed by atoms with Crippen LogP contribution in [0, 0.1) is 6.92 Å². The van der Waals surface area contributed by atoms with E-state index in [4.69, 9.17) is 0 Å². The van der Waals surface area contributed by atoms with Crippen molar-refractivity contribution in [2.24, 2.45) is 0 Å². The van der Waals surface area contributed by atoms with Gasteiger partial charge in [-0.3, -0.25) is 4.90 Å². The van der Waals surface area contributed by atoms with Crippen LogP contribution in [0.5, 0.6) is 0 Å². The maximum absolute atomic E-state index is 4.31. The lowest BCUT2D eigenvalue weighted by molar-refractivity contribution is 0.191. The fraction of sp³-hybridized carbons (Fsp3) is 0.381. The van der Waals surface area contributed by atoms with E-state index in [0.717, 1.165) is 18.8 Å². The zero-order chi connectivity index (χ0) is 17.8. The first-order valence-electron chi connectivity index (χ1n) is 9.35. The van der Waals surface area contributed by atoms with Crippen molar-refractivity contribution in [1.29, 1.82) is 0 Å². The van der Waals surface area contributed by atoms with Gasteiger partial charge >= 0.3 is 0 Å². The van der Waals surface area contributed by atoms with E-state index >= 15 is 0 Å². The van der Waals surface area contributed by atoms with Gasteiger partial charge in [0, 0.05) is 36.4 Å². The molecular formula is C21H26N4S. The molecule has 0 radical (unpaired) electrons. The predicted molar refractivity (Wildman–Crippen MR) is 108 cm³/mol. The highest BCUT2D eigenvalue weighted by molar-refractivity contribution is 7.09. The molecule has 0 amide bonds. The molecule has 3 aromatic rings. The highest BCUT2D eigenvalue weighted by atomic mass is 32.1. The van der Waals surface area contributed by atoms with Crippen LogP contribution in [0.4, 0.5) is 0 Å². The van der Waals surface area contributed by atoms with E-state index in [-0.39, 0.29) is 0 Å². The maximum atomic E-state index is 4.31. The van der Waals surface area contributed by atoms with Crippen LogP contribution < -0.4 is 5.32 Å². The molecule has 1 N–H and O–H groups in total. The molecule has 1 saturated heterocycles. The Labute approximate surface area is 159 Å². The Morgan fingerprint density at radius 1 is 1.19 bits per heavy atom. The van der Waals surface area contributed by atoms with Crippen molar-refractivity contribution in [3.63, 3.8) is 0 Å². The number of piperidine rings is 1. The van der Waals surface area contributed by atoms with Crippen LogP contribution in [-0.4, -0.2) is 33.8 Å². The van der Waals surface area contributed by atoms with Crippen LogP contribution in [0.3, 0.4) is 0 Å². The molecule has 2 aromatic heterocycles. The second kappa shape index (κ2) is 8.16. The normalized spacial score (nSPS) is 16.2. The van der Waals surface area contributed by atoms with E-state index in [1.54, 1.807) is 0 Å². The molecule has 0 atom stereocenters. The zero-order valence-electron chi connectivity index (χ0n) is 15.3. The van der Waals surface area contributed by atoms with Crippen molar-refractivity contribution in [1.82, 2.24) is 20.0 Å². The van der Waals surface area contributed by atoms with E-state index in [1.165, 1.54) is 41.9 Å². The van der Waals surface area contributed by atoms with E-state index in [1.807, 2.05) is 34.5 Å². The summed E-state index contributed by atoms with van der Waals surface area (Å²) in [7, 11) is 0. The molecule has 4 nitrogen and oxygen atoms in total. The SMILES string of the molecule is Cc1cc(-n2cccn2)ccc1CNC1CCN(Cc2cccs2)CC1. The first-order chi connectivity index (χ1) is 12.8. The Hall–Kier alpha value is -1.95. The Kier molecular flexibility index (Phi) is 5.48. The summed E-state index contributed by atoms with van der Waals surface area (Å²) in [6.07, 6.45) is 6.26. The summed E-state index contributed by atoms with van der Waals surface area (Å²) in [5.74, 6) is 0. The van der Waals surface area contributed by atoms with Crippen LogP contribution in [0.25, 0.3) is 5.69 Å². The molecule has 136 valence electrons. The third-order valence-electron chi connectivity index (χ3n) is 5.22. The summed E-state index contributed by atoms with van der Waals surface area (Å²) in [6, 6.07) is 13.6. The Bertz CT molecular complexity index is 803. The number of likely N-dealkylation sites (tertiary alicyclic amines) is 1. The zero-order valence-corrected chi connectivity index (χ0v) is 16.1. The lowest BCUT2D eigenvalue weighted by Gasteiger charge is -2.32. The van der Waals surface area contributed by atoms with E-state index in [2.05, 4.69) is 58.0 Å². The first kappa shape index (κ1) is 17.5. The quantitative estimate of drug-likeness (QED) is 0.716. The fourth-order valence-electron chi connectivity index (χ4n) is 3.61. The van der Waals surface area contributed by atoms with E-state index in [9.17, 15) is 0 Å². The molecule has 0 unspecified atom stereocenters. The molecule has 0 aliphatic carbocycles. The van der Waals surface area contributed by atoms with E-state index in [0.29, 0.717) is 6.04 Å². The average Bonchev–Trinajstić information content (AvgIpc) is 3.36.